The van der Waals surface area contributed by atoms with Crippen LogP contribution in [0.3, 0.4) is 0 Å². The molecule has 0 aliphatic heterocycles. The molecule has 0 unspecified atom stereocenters. The van der Waals surface area contributed by atoms with Gasteiger partial charge in [0.25, 0.3) is 5.91 Å². The van der Waals surface area contributed by atoms with Crippen LogP contribution in [0.5, 0.6) is 0 Å². The molecule has 0 aromatic carbocycles. The molecule has 1 aromatic rings. The quantitative estimate of drug-likeness (QED) is 0.849. The van der Waals surface area contributed by atoms with Crippen molar-refractivity contribution in [3.8, 4) is 0 Å². The standard InChI is InChI=1S/C19H26F3N3O/c1-18(2,3)25-16(19(20,21)22)14(9-23-25)17(26)24-15-12-5-10-4-11(7-12)8-13(15)6-10/h9-13,15H,4-8H2,1-3H3,(H,24,26). The molecule has 1 heterocycles. The lowest BCUT2D eigenvalue weighted by Crippen LogP contribution is -2.55. The zero-order valence-corrected chi connectivity index (χ0v) is 15.4. The molecule has 4 saturated carbocycles. The molecule has 0 spiro atoms. The van der Waals surface area contributed by atoms with Crippen LogP contribution in [-0.2, 0) is 11.7 Å². The Balaban J connectivity index is 1.60. The molecule has 26 heavy (non-hydrogen) atoms. The van der Waals surface area contributed by atoms with Crippen molar-refractivity contribution in [3.05, 3.63) is 17.5 Å². The van der Waals surface area contributed by atoms with Crippen LogP contribution in [-0.4, -0.2) is 21.7 Å². The molecule has 4 aliphatic rings. The summed E-state index contributed by atoms with van der Waals surface area (Å²) in [5.74, 6) is 1.70. The van der Waals surface area contributed by atoms with Gasteiger partial charge >= 0.3 is 6.18 Å². The molecule has 1 N–H and O–H groups in total. The van der Waals surface area contributed by atoms with Crippen LogP contribution >= 0.6 is 0 Å². The number of aromatic nitrogens is 2. The summed E-state index contributed by atoms with van der Waals surface area (Å²) < 4.78 is 41.9. The number of amides is 1. The summed E-state index contributed by atoms with van der Waals surface area (Å²) in [5, 5.41) is 6.86. The Morgan fingerprint density at radius 1 is 1.08 bits per heavy atom. The van der Waals surface area contributed by atoms with Gasteiger partial charge in [-0.05, 0) is 76.5 Å². The van der Waals surface area contributed by atoms with Crippen molar-refractivity contribution in [1.29, 1.82) is 0 Å². The molecular formula is C19H26F3N3O. The monoisotopic (exact) mass is 369 g/mol. The van der Waals surface area contributed by atoms with Crippen LogP contribution in [0.1, 0.15) is 68.9 Å². The van der Waals surface area contributed by atoms with Crippen LogP contribution in [0, 0.1) is 23.7 Å². The minimum Gasteiger partial charge on any atom is -0.349 e. The highest BCUT2D eigenvalue weighted by molar-refractivity contribution is 5.95. The highest BCUT2D eigenvalue weighted by atomic mass is 19.4. The number of carbonyl (C=O) groups is 1. The number of hydrogen-bond acceptors (Lipinski definition) is 2. The van der Waals surface area contributed by atoms with Crippen molar-refractivity contribution < 1.29 is 18.0 Å². The van der Waals surface area contributed by atoms with E-state index in [1.807, 2.05) is 0 Å². The molecule has 4 fully saturated rings. The van der Waals surface area contributed by atoms with Crippen LogP contribution in [0.15, 0.2) is 6.20 Å². The number of alkyl halides is 3. The summed E-state index contributed by atoms with van der Waals surface area (Å²) in [6, 6.07) is 0.00868. The number of carbonyl (C=O) groups excluding carboxylic acids is 1. The van der Waals surface area contributed by atoms with Gasteiger partial charge in [0.1, 0.15) is 0 Å². The number of halogens is 3. The first-order chi connectivity index (χ1) is 12.0. The fourth-order valence-corrected chi connectivity index (χ4v) is 5.69. The normalized spacial score (nSPS) is 33.5. The Labute approximate surface area is 151 Å². The van der Waals surface area contributed by atoms with Crippen molar-refractivity contribution >= 4 is 5.91 Å². The van der Waals surface area contributed by atoms with Gasteiger partial charge in [-0.3, -0.25) is 9.48 Å². The molecule has 0 radical (unpaired) electrons. The second kappa shape index (κ2) is 5.73. The van der Waals surface area contributed by atoms with Crippen molar-refractivity contribution in [1.82, 2.24) is 15.1 Å². The van der Waals surface area contributed by atoms with Gasteiger partial charge in [0.15, 0.2) is 5.69 Å². The lowest BCUT2D eigenvalue weighted by atomic mass is 9.54. The van der Waals surface area contributed by atoms with Crippen LogP contribution in [0.4, 0.5) is 13.2 Å². The third-order valence-electron chi connectivity index (χ3n) is 6.44. The summed E-state index contributed by atoms with van der Waals surface area (Å²) in [7, 11) is 0. The van der Waals surface area contributed by atoms with Crippen molar-refractivity contribution in [2.24, 2.45) is 23.7 Å². The number of rotatable bonds is 2. The van der Waals surface area contributed by atoms with Crippen LogP contribution in [0.2, 0.25) is 0 Å². The molecule has 4 aliphatic carbocycles. The van der Waals surface area contributed by atoms with Gasteiger partial charge in [0.05, 0.1) is 17.3 Å². The third-order valence-corrected chi connectivity index (χ3v) is 6.44. The first kappa shape index (κ1) is 17.9. The predicted octanol–water partition coefficient (Wildman–Crippen LogP) is 4.21. The Hall–Kier alpha value is -1.53. The Kier molecular flexibility index (Phi) is 3.94. The van der Waals surface area contributed by atoms with Gasteiger partial charge in [-0.15, -0.1) is 0 Å². The second-order valence-corrected chi connectivity index (χ2v) is 9.42. The first-order valence-corrected chi connectivity index (χ1v) is 9.50. The summed E-state index contributed by atoms with van der Waals surface area (Å²) in [6.07, 6.45) is 2.15. The highest BCUT2D eigenvalue weighted by Gasteiger charge is 2.49. The van der Waals surface area contributed by atoms with E-state index in [4.69, 9.17) is 0 Å². The SMILES string of the molecule is CC(C)(C)n1ncc(C(=O)NC2C3CC4CC(C3)CC2C4)c1C(F)(F)F. The summed E-state index contributed by atoms with van der Waals surface area (Å²) in [5.41, 5.74) is -2.17. The molecule has 4 nitrogen and oxygen atoms in total. The predicted molar refractivity (Wildman–Crippen MR) is 90.5 cm³/mol. The van der Waals surface area contributed by atoms with E-state index in [0.717, 1.165) is 48.4 Å². The van der Waals surface area contributed by atoms with E-state index in [1.165, 1.54) is 6.42 Å². The van der Waals surface area contributed by atoms with Crippen molar-refractivity contribution in [2.75, 3.05) is 0 Å². The van der Waals surface area contributed by atoms with Gasteiger partial charge in [0.2, 0.25) is 0 Å². The molecule has 4 bridgehead atoms. The van der Waals surface area contributed by atoms with E-state index < -0.39 is 23.3 Å². The van der Waals surface area contributed by atoms with E-state index in [-0.39, 0.29) is 11.6 Å². The number of nitrogens with one attached hydrogen (secondary N) is 1. The van der Waals surface area contributed by atoms with Gasteiger partial charge in [0, 0.05) is 6.04 Å². The largest absolute Gasteiger partial charge is 0.433 e. The van der Waals surface area contributed by atoms with E-state index in [9.17, 15) is 18.0 Å². The first-order valence-electron chi connectivity index (χ1n) is 9.50. The fourth-order valence-electron chi connectivity index (χ4n) is 5.69. The molecule has 7 heteroatoms. The Morgan fingerprint density at radius 3 is 2.08 bits per heavy atom. The molecule has 0 saturated heterocycles. The second-order valence-electron chi connectivity index (χ2n) is 9.42. The van der Waals surface area contributed by atoms with Crippen molar-refractivity contribution in [2.45, 2.75) is 70.6 Å². The van der Waals surface area contributed by atoms with E-state index in [2.05, 4.69) is 10.4 Å². The summed E-state index contributed by atoms with van der Waals surface area (Å²) in [4.78, 5) is 12.8. The van der Waals surface area contributed by atoms with E-state index in [1.54, 1.807) is 20.8 Å². The lowest BCUT2D eigenvalue weighted by Gasteiger charge is -2.54. The summed E-state index contributed by atoms with van der Waals surface area (Å²) in [6.45, 7) is 4.94. The molecule has 1 amide bonds. The zero-order chi connectivity index (χ0) is 18.9. The average Bonchev–Trinajstić information content (AvgIpc) is 2.95. The zero-order valence-electron chi connectivity index (χ0n) is 15.4. The van der Waals surface area contributed by atoms with Gasteiger partial charge in [-0.2, -0.15) is 18.3 Å². The molecular weight excluding hydrogens is 343 g/mol. The molecule has 1 aromatic heterocycles. The lowest BCUT2D eigenvalue weighted by molar-refractivity contribution is -0.146. The van der Waals surface area contributed by atoms with E-state index in [0.29, 0.717) is 11.8 Å². The van der Waals surface area contributed by atoms with Crippen molar-refractivity contribution in [3.63, 3.8) is 0 Å². The van der Waals surface area contributed by atoms with Crippen LogP contribution < -0.4 is 5.32 Å². The minimum absolute atomic E-state index is 0.00868. The van der Waals surface area contributed by atoms with Gasteiger partial charge in [-0.25, -0.2) is 0 Å². The fraction of sp³-hybridized carbons (Fsp3) is 0.789. The maximum atomic E-state index is 13.7. The number of hydrogen-bond donors (Lipinski definition) is 1. The Bertz CT molecular complexity index is 689. The van der Waals surface area contributed by atoms with Gasteiger partial charge < -0.3 is 5.32 Å². The van der Waals surface area contributed by atoms with E-state index >= 15 is 0 Å². The Morgan fingerprint density at radius 2 is 1.62 bits per heavy atom. The molecule has 144 valence electrons. The topological polar surface area (TPSA) is 46.9 Å². The minimum atomic E-state index is -4.62. The van der Waals surface area contributed by atoms with Crippen LogP contribution in [0.25, 0.3) is 0 Å². The summed E-state index contributed by atoms with van der Waals surface area (Å²) >= 11 is 0. The molecule has 5 rings (SSSR count). The van der Waals surface area contributed by atoms with Gasteiger partial charge in [-0.1, -0.05) is 0 Å². The third kappa shape index (κ3) is 2.93. The highest BCUT2D eigenvalue weighted by Crippen LogP contribution is 2.53. The molecule has 0 atom stereocenters. The average molecular weight is 369 g/mol. The maximum Gasteiger partial charge on any atom is 0.433 e. The smallest absolute Gasteiger partial charge is 0.349 e. The number of nitrogens with zero attached hydrogens (tertiary/aromatic N) is 2. The maximum absolute atomic E-state index is 13.7.